The number of hydrogen-bond donors (Lipinski definition) is 1. The summed E-state index contributed by atoms with van der Waals surface area (Å²) in [5.41, 5.74) is 1.86. The van der Waals surface area contributed by atoms with Gasteiger partial charge in [0.25, 0.3) is 0 Å². The fraction of sp³-hybridized carbons (Fsp3) is 0. The highest BCUT2D eigenvalue weighted by molar-refractivity contribution is 14.1. The number of aromatic nitrogens is 3. The van der Waals surface area contributed by atoms with Crippen LogP contribution < -0.4 is 5.32 Å². The number of benzene rings is 1. The Bertz CT molecular complexity index is 682. The predicted molar refractivity (Wildman–Crippen MR) is 79.8 cm³/mol. The normalized spacial score (nSPS) is 10.5. The van der Waals surface area contributed by atoms with E-state index in [1.807, 2.05) is 30.3 Å². The van der Waals surface area contributed by atoms with Crippen molar-refractivity contribution in [3.8, 4) is 0 Å². The van der Waals surface area contributed by atoms with E-state index in [4.69, 9.17) is 0 Å². The van der Waals surface area contributed by atoms with Crippen LogP contribution in [0.5, 0.6) is 0 Å². The Labute approximate surface area is 118 Å². The van der Waals surface area contributed by atoms with Crippen molar-refractivity contribution in [1.29, 1.82) is 0 Å². The lowest BCUT2D eigenvalue weighted by atomic mass is 10.2. The molecular weight excluding hydrogens is 339 g/mol. The van der Waals surface area contributed by atoms with Crippen molar-refractivity contribution in [2.45, 2.75) is 0 Å². The summed E-state index contributed by atoms with van der Waals surface area (Å²) in [4.78, 5) is 12.8. The number of pyridine rings is 1. The summed E-state index contributed by atoms with van der Waals surface area (Å²) in [6.45, 7) is 0. The summed E-state index contributed by atoms with van der Waals surface area (Å²) in [7, 11) is 0. The Morgan fingerprint density at radius 3 is 2.56 bits per heavy atom. The largest absolute Gasteiger partial charge is 0.323 e. The first kappa shape index (κ1) is 11.3. The van der Waals surface area contributed by atoms with Gasteiger partial charge in [-0.3, -0.25) is 4.98 Å². The molecule has 3 aromatic rings. The van der Waals surface area contributed by atoms with Gasteiger partial charge in [0.15, 0.2) is 0 Å². The molecule has 0 aliphatic heterocycles. The van der Waals surface area contributed by atoms with E-state index in [0.717, 1.165) is 20.2 Å². The van der Waals surface area contributed by atoms with Crippen LogP contribution in [0.2, 0.25) is 0 Å². The summed E-state index contributed by atoms with van der Waals surface area (Å²) in [5, 5.41) is 4.23. The van der Waals surface area contributed by atoms with Gasteiger partial charge in [-0.1, -0.05) is 18.2 Å². The van der Waals surface area contributed by atoms with Crippen molar-refractivity contribution in [2.75, 3.05) is 5.32 Å². The highest BCUT2D eigenvalue weighted by atomic mass is 127. The summed E-state index contributed by atoms with van der Waals surface area (Å²) in [6.07, 6.45) is 5.32. The lowest BCUT2D eigenvalue weighted by Gasteiger charge is -2.05. The first-order valence-corrected chi connectivity index (χ1v) is 6.48. The van der Waals surface area contributed by atoms with Crippen LogP contribution in [0.4, 0.5) is 11.6 Å². The van der Waals surface area contributed by atoms with Crippen LogP contribution in [0.25, 0.3) is 10.9 Å². The van der Waals surface area contributed by atoms with Gasteiger partial charge in [-0.2, -0.15) is 0 Å². The molecule has 0 saturated carbocycles. The Kier molecular flexibility index (Phi) is 3.06. The Hall–Kier alpha value is -1.76. The second-order valence-electron chi connectivity index (χ2n) is 3.77. The second-order valence-corrected chi connectivity index (χ2v) is 5.01. The Morgan fingerprint density at radius 2 is 1.72 bits per heavy atom. The van der Waals surface area contributed by atoms with E-state index in [-0.39, 0.29) is 0 Å². The summed E-state index contributed by atoms with van der Waals surface area (Å²) < 4.78 is 1.01. The zero-order chi connectivity index (χ0) is 12.4. The van der Waals surface area contributed by atoms with Gasteiger partial charge in [0, 0.05) is 21.4 Å². The predicted octanol–water partition coefficient (Wildman–Crippen LogP) is 3.37. The van der Waals surface area contributed by atoms with E-state index in [2.05, 4.69) is 42.9 Å². The van der Waals surface area contributed by atoms with E-state index in [0.29, 0.717) is 5.95 Å². The molecule has 18 heavy (non-hydrogen) atoms. The highest BCUT2D eigenvalue weighted by Crippen LogP contribution is 2.18. The first-order chi connectivity index (χ1) is 8.81. The molecule has 5 heteroatoms. The van der Waals surface area contributed by atoms with Gasteiger partial charge in [-0.25, -0.2) is 9.97 Å². The molecule has 1 aromatic carbocycles. The Morgan fingerprint density at radius 1 is 0.944 bits per heavy atom. The van der Waals surface area contributed by atoms with E-state index >= 15 is 0 Å². The first-order valence-electron chi connectivity index (χ1n) is 5.41. The lowest BCUT2D eigenvalue weighted by molar-refractivity contribution is 1.15. The second kappa shape index (κ2) is 4.85. The van der Waals surface area contributed by atoms with Gasteiger partial charge in [0.2, 0.25) is 5.95 Å². The molecule has 1 N–H and O–H groups in total. The molecule has 0 aliphatic carbocycles. The zero-order valence-electron chi connectivity index (χ0n) is 9.34. The van der Waals surface area contributed by atoms with Crippen LogP contribution in [-0.4, -0.2) is 15.0 Å². The maximum Gasteiger partial charge on any atom is 0.227 e. The minimum Gasteiger partial charge on any atom is -0.323 e. The van der Waals surface area contributed by atoms with Crippen LogP contribution in [-0.2, 0) is 0 Å². The molecule has 0 aliphatic rings. The van der Waals surface area contributed by atoms with Crippen molar-refractivity contribution < 1.29 is 0 Å². The smallest absolute Gasteiger partial charge is 0.227 e. The van der Waals surface area contributed by atoms with E-state index in [1.54, 1.807) is 18.6 Å². The molecule has 88 valence electrons. The fourth-order valence-corrected chi connectivity index (χ4v) is 1.92. The number of nitrogens with one attached hydrogen (secondary N) is 1. The molecule has 0 fully saturated rings. The number of para-hydroxylation sites is 1. The number of halogens is 1. The molecule has 0 bridgehead atoms. The van der Waals surface area contributed by atoms with Gasteiger partial charge in [-0.15, -0.1) is 0 Å². The minimum atomic E-state index is 0.576. The van der Waals surface area contributed by atoms with E-state index < -0.39 is 0 Å². The van der Waals surface area contributed by atoms with Crippen LogP contribution in [0.1, 0.15) is 0 Å². The molecule has 2 aromatic heterocycles. The molecule has 0 spiro atoms. The average molecular weight is 348 g/mol. The molecule has 4 nitrogen and oxygen atoms in total. The molecule has 0 amide bonds. The van der Waals surface area contributed by atoms with Crippen LogP contribution in [0, 0.1) is 3.57 Å². The third kappa shape index (κ3) is 2.40. The summed E-state index contributed by atoms with van der Waals surface area (Å²) in [6, 6.07) is 10.0. The van der Waals surface area contributed by atoms with E-state index in [1.165, 1.54) is 0 Å². The van der Waals surface area contributed by atoms with Gasteiger partial charge in [0.1, 0.15) is 0 Å². The fourth-order valence-electron chi connectivity index (χ4n) is 1.65. The maximum absolute atomic E-state index is 4.38. The van der Waals surface area contributed by atoms with Crippen LogP contribution in [0.15, 0.2) is 48.9 Å². The molecule has 0 radical (unpaired) electrons. The summed E-state index contributed by atoms with van der Waals surface area (Å²) >= 11 is 2.17. The van der Waals surface area contributed by atoms with Gasteiger partial charge < -0.3 is 5.32 Å². The zero-order valence-corrected chi connectivity index (χ0v) is 11.5. The van der Waals surface area contributed by atoms with Gasteiger partial charge >= 0.3 is 0 Å². The Balaban J connectivity index is 1.92. The van der Waals surface area contributed by atoms with Crippen LogP contribution in [0.3, 0.4) is 0 Å². The van der Waals surface area contributed by atoms with Gasteiger partial charge in [0.05, 0.1) is 17.4 Å². The number of hydrogen-bond acceptors (Lipinski definition) is 4. The number of rotatable bonds is 2. The number of anilines is 2. The maximum atomic E-state index is 4.38. The summed E-state index contributed by atoms with van der Waals surface area (Å²) in [5.74, 6) is 0.576. The van der Waals surface area contributed by atoms with Crippen molar-refractivity contribution in [2.24, 2.45) is 0 Å². The van der Waals surface area contributed by atoms with Crippen molar-refractivity contribution >= 4 is 45.1 Å². The quantitative estimate of drug-likeness (QED) is 0.722. The molecule has 0 saturated heterocycles. The van der Waals surface area contributed by atoms with Crippen molar-refractivity contribution in [1.82, 2.24) is 15.0 Å². The third-order valence-corrected chi connectivity index (χ3v) is 3.02. The topological polar surface area (TPSA) is 50.7 Å². The average Bonchev–Trinajstić information content (AvgIpc) is 2.41. The van der Waals surface area contributed by atoms with E-state index in [9.17, 15) is 0 Å². The SMILES string of the molecule is Ic1cnc(Nc2cnc3ccccc3c2)nc1. The monoisotopic (exact) mass is 348 g/mol. The van der Waals surface area contributed by atoms with Crippen molar-refractivity contribution in [3.63, 3.8) is 0 Å². The third-order valence-electron chi connectivity index (χ3n) is 2.47. The van der Waals surface area contributed by atoms with Gasteiger partial charge in [-0.05, 0) is 34.7 Å². The molecule has 0 unspecified atom stereocenters. The molecule has 3 rings (SSSR count). The molecule has 2 heterocycles. The minimum absolute atomic E-state index is 0.576. The lowest BCUT2D eigenvalue weighted by Crippen LogP contribution is -1.97. The molecule has 0 atom stereocenters. The standard InChI is InChI=1S/C13H9IN4/c14-10-6-16-13(17-7-10)18-11-5-9-3-1-2-4-12(9)15-8-11/h1-8H,(H,16,17,18). The highest BCUT2D eigenvalue weighted by Gasteiger charge is 2.00. The molecular formula is C13H9IN4. The van der Waals surface area contributed by atoms with Crippen molar-refractivity contribution in [3.05, 3.63) is 52.5 Å². The number of fused-ring (bicyclic) bond motifs is 1. The number of nitrogens with zero attached hydrogens (tertiary/aromatic N) is 3. The van der Waals surface area contributed by atoms with Crippen LogP contribution >= 0.6 is 22.6 Å².